The molecule has 2 heterocycles. The highest BCUT2D eigenvalue weighted by Crippen LogP contribution is 2.19. The number of nitrogens with one attached hydrogen (secondary N) is 2. The second-order valence-electron chi connectivity index (χ2n) is 3.24. The molecule has 1 aromatic heterocycles. The SMILES string of the molecule is O=[N+]([O-])C1(Nc2cnccn2)C=CC=C(Cl)N1. The Bertz CT molecular complexity index is 489. The van der Waals surface area contributed by atoms with Gasteiger partial charge in [-0.1, -0.05) is 17.7 Å². The van der Waals surface area contributed by atoms with Crippen molar-refractivity contribution in [3.05, 3.63) is 52.1 Å². The highest BCUT2D eigenvalue weighted by Gasteiger charge is 2.42. The summed E-state index contributed by atoms with van der Waals surface area (Å²) in [6.07, 6.45) is 8.63. The van der Waals surface area contributed by atoms with E-state index < -0.39 is 10.7 Å². The minimum Gasteiger partial charge on any atom is -0.289 e. The first kappa shape index (κ1) is 11.3. The normalized spacial score (nSPS) is 22.5. The fraction of sp³-hybridized carbons (Fsp3) is 0.111. The van der Waals surface area contributed by atoms with Crippen LogP contribution in [0.4, 0.5) is 5.82 Å². The maximum absolute atomic E-state index is 11.1. The number of hydrogen-bond acceptors (Lipinski definition) is 6. The van der Waals surface area contributed by atoms with Crippen molar-refractivity contribution in [2.24, 2.45) is 0 Å². The molecule has 2 N–H and O–H groups in total. The molecule has 0 bridgehead atoms. The van der Waals surface area contributed by atoms with Gasteiger partial charge in [0.2, 0.25) is 0 Å². The molecular formula is C9H8ClN5O2. The fourth-order valence-corrected chi connectivity index (χ4v) is 1.54. The zero-order valence-electron chi connectivity index (χ0n) is 8.50. The topological polar surface area (TPSA) is 93.0 Å². The monoisotopic (exact) mass is 253 g/mol. The van der Waals surface area contributed by atoms with Crippen LogP contribution in [0.3, 0.4) is 0 Å². The number of nitro groups is 1. The number of rotatable bonds is 3. The zero-order chi connectivity index (χ0) is 12.3. The summed E-state index contributed by atoms with van der Waals surface area (Å²) >= 11 is 5.73. The minimum absolute atomic E-state index is 0.167. The van der Waals surface area contributed by atoms with E-state index in [0.717, 1.165) is 0 Å². The summed E-state index contributed by atoms with van der Waals surface area (Å²) in [6, 6.07) is 0. The lowest BCUT2D eigenvalue weighted by molar-refractivity contribution is -0.552. The van der Waals surface area contributed by atoms with Gasteiger partial charge in [-0.2, -0.15) is 0 Å². The second kappa shape index (κ2) is 4.38. The van der Waals surface area contributed by atoms with Crippen LogP contribution in [0.25, 0.3) is 0 Å². The van der Waals surface area contributed by atoms with Crippen molar-refractivity contribution in [1.82, 2.24) is 15.3 Å². The zero-order valence-corrected chi connectivity index (χ0v) is 9.26. The molecule has 0 amide bonds. The van der Waals surface area contributed by atoms with Crippen molar-refractivity contribution in [3.63, 3.8) is 0 Å². The summed E-state index contributed by atoms with van der Waals surface area (Å²) in [4.78, 5) is 18.3. The predicted octanol–water partition coefficient (Wildman–Crippen LogP) is 1.06. The summed E-state index contributed by atoms with van der Waals surface area (Å²) in [6.45, 7) is 0. The first-order valence-corrected chi connectivity index (χ1v) is 5.02. The summed E-state index contributed by atoms with van der Waals surface area (Å²) in [5.41, 5.74) is 0. The molecule has 0 radical (unpaired) electrons. The Kier molecular flexibility index (Phi) is 2.92. The Morgan fingerprint density at radius 3 is 2.94 bits per heavy atom. The first-order chi connectivity index (χ1) is 8.12. The van der Waals surface area contributed by atoms with Crippen molar-refractivity contribution in [3.8, 4) is 0 Å². The van der Waals surface area contributed by atoms with E-state index >= 15 is 0 Å². The lowest BCUT2D eigenvalue weighted by Crippen LogP contribution is -2.56. The Morgan fingerprint density at radius 2 is 2.35 bits per heavy atom. The lowest BCUT2D eigenvalue weighted by atomic mass is 10.2. The number of aromatic nitrogens is 2. The summed E-state index contributed by atoms with van der Waals surface area (Å²) in [7, 11) is 0. The third-order valence-electron chi connectivity index (χ3n) is 2.06. The van der Waals surface area contributed by atoms with Crippen molar-refractivity contribution >= 4 is 17.4 Å². The molecule has 0 saturated carbocycles. The largest absolute Gasteiger partial charge is 0.395 e. The van der Waals surface area contributed by atoms with Gasteiger partial charge in [0.05, 0.1) is 11.1 Å². The molecule has 7 nitrogen and oxygen atoms in total. The van der Waals surface area contributed by atoms with Crippen molar-refractivity contribution in [2.45, 2.75) is 5.79 Å². The molecule has 88 valence electrons. The van der Waals surface area contributed by atoms with E-state index in [9.17, 15) is 10.1 Å². The lowest BCUT2D eigenvalue weighted by Gasteiger charge is -2.26. The van der Waals surface area contributed by atoms with Crippen molar-refractivity contribution < 1.29 is 4.92 Å². The molecule has 2 rings (SSSR count). The van der Waals surface area contributed by atoms with Crippen LogP contribution in [-0.2, 0) is 0 Å². The average molecular weight is 254 g/mol. The Labute approximate surface area is 101 Å². The molecule has 1 aromatic rings. The quantitative estimate of drug-likeness (QED) is 0.362. The highest BCUT2D eigenvalue weighted by atomic mass is 35.5. The standard InChI is InChI=1S/C9H8ClN5O2/c10-7-2-1-3-9(13-7,15(16)17)14-8-6-11-4-5-12-8/h1-6,13H,(H,12,14). The number of allylic oxidation sites excluding steroid dienone is 2. The summed E-state index contributed by atoms with van der Waals surface area (Å²) < 4.78 is 0. The van der Waals surface area contributed by atoms with E-state index in [2.05, 4.69) is 20.6 Å². The van der Waals surface area contributed by atoms with Gasteiger partial charge in [0.25, 0.3) is 0 Å². The molecule has 1 unspecified atom stereocenters. The van der Waals surface area contributed by atoms with Crippen LogP contribution in [0.2, 0.25) is 0 Å². The van der Waals surface area contributed by atoms with E-state index in [1.54, 1.807) is 0 Å². The second-order valence-corrected chi connectivity index (χ2v) is 3.65. The van der Waals surface area contributed by atoms with Gasteiger partial charge in [0.15, 0.2) is 5.82 Å². The van der Waals surface area contributed by atoms with Crippen LogP contribution in [0.15, 0.2) is 42.0 Å². The van der Waals surface area contributed by atoms with Gasteiger partial charge in [-0.15, -0.1) is 0 Å². The Morgan fingerprint density at radius 1 is 1.53 bits per heavy atom. The number of dihydropyridines is 1. The Hall–Kier alpha value is -2.15. The van der Waals surface area contributed by atoms with Crippen LogP contribution in [0.1, 0.15) is 0 Å². The van der Waals surface area contributed by atoms with Crippen LogP contribution >= 0.6 is 11.6 Å². The third-order valence-corrected chi connectivity index (χ3v) is 2.28. The van der Waals surface area contributed by atoms with Gasteiger partial charge in [0, 0.05) is 18.5 Å². The van der Waals surface area contributed by atoms with Gasteiger partial charge in [-0.3, -0.25) is 25.7 Å². The van der Waals surface area contributed by atoms with Crippen molar-refractivity contribution in [1.29, 1.82) is 0 Å². The molecule has 0 aromatic carbocycles. The summed E-state index contributed by atoms with van der Waals surface area (Å²) in [5, 5.41) is 16.5. The molecule has 0 aliphatic carbocycles. The van der Waals surface area contributed by atoms with E-state index in [4.69, 9.17) is 11.6 Å². The average Bonchev–Trinajstić information content (AvgIpc) is 2.30. The van der Waals surface area contributed by atoms with E-state index in [-0.39, 0.29) is 11.0 Å². The van der Waals surface area contributed by atoms with Gasteiger partial charge in [-0.25, -0.2) is 4.98 Å². The molecule has 0 fully saturated rings. The van der Waals surface area contributed by atoms with Gasteiger partial charge < -0.3 is 0 Å². The smallest absolute Gasteiger partial charge is 0.289 e. The van der Waals surface area contributed by atoms with E-state index in [0.29, 0.717) is 0 Å². The van der Waals surface area contributed by atoms with E-state index in [1.807, 2.05) is 0 Å². The minimum atomic E-state index is -1.71. The van der Waals surface area contributed by atoms with Crippen LogP contribution in [0.5, 0.6) is 0 Å². The number of nitrogens with zero attached hydrogens (tertiary/aromatic N) is 3. The molecule has 1 aliphatic rings. The molecular weight excluding hydrogens is 246 g/mol. The van der Waals surface area contributed by atoms with Crippen LogP contribution in [-0.4, -0.2) is 20.7 Å². The highest BCUT2D eigenvalue weighted by molar-refractivity contribution is 6.29. The van der Waals surface area contributed by atoms with Crippen molar-refractivity contribution in [2.75, 3.05) is 5.32 Å². The maximum Gasteiger partial charge on any atom is 0.395 e. The predicted molar refractivity (Wildman–Crippen MR) is 61.6 cm³/mol. The number of hydrogen-bond donors (Lipinski definition) is 2. The molecule has 0 spiro atoms. The first-order valence-electron chi connectivity index (χ1n) is 4.64. The fourth-order valence-electron chi connectivity index (χ4n) is 1.32. The maximum atomic E-state index is 11.1. The third kappa shape index (κ3) is 2.34. The molecule has 0 saturated heterocycles. The number of anilines is 1. The molecule has 8 heteroatoms. The van der Waals surface area contributed by atoms with Gasteiger partial charge in [0.1, 0.15) is 5.16 Å². The number of halogens is 1. The van der Waals surface area contributed by atoms with Gasteiger partial charge >= 0.3 is 5.79 Å². The molecule has 1 aliphatic heterocycles. The van der Waals surface area contributed by atoms with E-state index in [1.165, 1.54) is 36.8 Å². The van der Waals surface area contributed by atoms with Crippen LogP contribution in [0, 0.1) is 10.1 Å². The van der Waals surface area contributed by atoms with Crippen LogP contribution < -0.4 is 10.6 Å². The summed E-state index contributed by atoms with van der Waals surface area (Å²) in [5.74, 6) is -1.44. The molecule has 17 heavy (non-hydrogen) atoms. The van der Waals surface area contributed by atoms with Gasteiger partial charge in [-0.05, 0) is 6.08 Å². The molecule has 1 atom stereocenters. The Balaban J connectivity index is 2.28.